The van der Waals surface area contributed by atoms with Crippen molar-refractivity contribution < 1.29 is 9.90 Å². The molecule has 1 atom stereocenters. The molecule has 0 aromatic heterocycles. The first-order valence-electron chi connectivity index (χ1n) is 4.90. The van der Waals surface area contributed by atoms with Crippen molar-refractivity contribution in [3.8, 4) is 0 Å². The van der Waals surface area contributed by atoms with Gasteiger partial charge in [-0.25, -0.2) is 0 Å². The highest BCUT2D eigenvalue weighted by Gasteiger charge is 2.15. The molecule has 0 unspecified atom stereocenters. The van der Waals surface area contributed by atoms with Gasteiger partial charge < -0.3 is 15.1 Å². The summed E-state index contributed by atoms with van der Waals surface area (Å²) < 4.78 is 3.06. The second-order valence-electron chi connectivity index (χ2n) is 3.50. The Bertz CT molecular complexity index is 445. The Morgan fingerprint density at radius 3 is 3.00 bits per heavy atom. The summed E-state index contributed by atoms with van der Waals surface area (Å²) in [6.45, 7) is 1.61. The van der Waals surface area contributed by atoms with E-state index in [1.807, 2.05) is 30.3 Å². The minimum Gasteiger partial charge on any atom is -0.480 e. The van der Waals surface area contributed by atoms with Crippen molar-refractivity contribution in [3.63, 3.8) is 0 Å². The zero-order valence-corrected chi connectivity index (χ0v) is 9.54. The molecule has 1 aliphatic rings. The lowest BCUT2D eigenvalue weighted by Crippen LogP contribution is -2.37. The summed E-state index contributed by atoms with van der Waals surface area (Å²) in [6, 6.07) is 7.33. The van der Waals surface area contributed by atoms with Crippen LogP contribution in [0.1, 0.15) is 12.5 Å². The fourth-order valence-electron chi connectivity index (χ4n) is 1.35. The number of carboxylic acid groups (broad SMARTS) is 1. The van der Waals surface area contributed by atoms with Gasteiger partial charge in [-0.15, -0.1) is 0 Å². The van der Waals surface area contributed by atoms with Gasteiger partial charge in [0.1, 0.15) is 11.9 Å². The van der Waals surface area contributed by atoms with Crippen LogP contribution in [0, 0.1) is 0 Å². The van der Waals surface area contributed by atoms with Crippen molar-refractivity contribution in [1.29, 1.82) is 0 Å². The maximum Gasteiger partial charge on any atom is 0.325 e. The van der Waals surface area contributed by atoms with Gasteiger partial charge in [-0.05, 0) is 36.6 Å². The van der Waals surface area contributed by atoms with Crippen LogP contribution in [0.3, 0.4) is 0 Å². The van der Waals surface area contributed by atoms with Crippen LogP contribution in [0.15, 0.2) is 35.0 Å². The monoisotopic (exact) mass is 236 g/mol. The van der Waals surface area contributed by atoms with E-state index in [0.717, 1.165) is 16.3 Å². The van der Waals surface area contributed by atoms with Crippen LogP contribution in [0.2, 0.25) is 0 Å². The Balaban J connectivity index is 2.15. The van der Waals surface area contributed by atoms with Crippen LogP contribution in [0.25, 0.3) is 6.08 Å². The summed E-state index contributed by atoms with van der Waals surface area (Å²) >= 11 is 1.48. The van der Waals surface area contributed by atoms with Gasteiger partial charge >= 0.3 is 5.97 Å². The van der Waals surface area contributed by atoms with Crippen molar-refractivity contribution in [1.82, 2.24) is 10.0 Å². The van der Waals surface area contributed by atoms with Crippen LogP contribution in [-0.4, -0.2) is 17.1 Å². The third-order valence-electron chi connectivity index (χ3n) is 2.23. The fourth-order valence-corrected chi connectivity index (χ4v) is 2.08. The third kappa shape index (κ3) is 2.30. The zero-order valence-electron chi connectivity index (χ0n) is 8.73. The quantitative estimate of drug-likeness (QED) is 0.697. The van der Waals surface area contributed by atoms with Crippen molar-refractivity contribution in [2.24, 2.45) is 0 Å². The van der Waals surface area contributed by atoms with Gasteiger partial charge in [0, 0.05) is 4.90 Å². The maximum absolute atomic E-state index is 10.7. The van der Waals surface area contributed by atoms with Crippen molar-refractivity contribution in [2.75, 3.05) is 0 Å². The van der Waals surface area contributed by atoms with Crippen molar-refractivity contribution in [3.05, 3.63) is 35.6 Å². The molecule has 0 amide bonds. The number of carbonyl (C=O) groups is 1. The first-order valence-corrected chi connectivity index (χ1v) is 5.71. The molecule has 0 bridgehead atoms. The number of hydrogen-bond donors (Lipinski definition) is 3. The fraction of sp³-hybridized carbons (Fsp3) is 0.182. The van der Waals surface area contributed by atoms with E-state index in [9.17, 15) is 4.79 Å². The second-order valence-corrected chi connectivity index (χ2v) is 4.35. The molecular formula is C11H12N2O2S. The Hall–Kier alpha value is -1.62. The number of benzene rings is 1. The molecule has 2 rings (SSSR count). The van der Waals surface area contributed by atoms with Gasteiger partial charge in [-0.3, -0.25) is 4.79 Å². The number of hydrogen-bond acceptors (Lipinski definition) is 4. The molecule has 1 aromatic carbocycles. The predicted molar refractivity (Wildman–Crippen MR) is 63.6 cm³/mol. The van der Waals surface area contributed by atoms with Crippen molar-refractivity contribution >= 4 is 24.0 Å². The van der Waals surface area contributed by atoms with Crippen LogP contribution in [0.5, 0.6) is 0 Å². The molecule has 3 N–H and O–H groups in total. The van der Waals surface area contributed by atoms with Gasteiger partial charge in [0.05, 0.1) is 0 Å². The maximum atomic E-state index is 10.7. The van der Waals surface area contributed by atoms with Crippen LogP contribution < -0.4 is 10.0 Å². The van der Waals surface area contributed by atoms with Gasteiger partial charge in [-0.1, -0.05) is 18.2 Å². The SMILES string of the molecule is C[C@H](NC1=Cc2ccccc2SN1)C(=O)O. The van der Waals surface area contributed by atoms with E-state index < -0.39 is 12.0 Å². The van der Waals surface area contributed by atoms with E-state index in [4.69, 9.17) is 5.11 Å². The van der Waals surface area contributed by atoms with Gasteiger partial charge in [0.25, 0.3) is 0 Å². The highest BCUT2D eigenvalue weighted by molar-refractivity contribution is 7.97. The number of nitrogens with one attached hydrogen (secondary N) is 2. The summed E-state index contributed by atoms with van der Waals surface area (Å²) in [7, 11) is 0. The molecule has 84 valence electrons. The molecule has 0 spiro atoms. The smallest absolute Gasteiger partial charge is 0.325 e. The molecule has 0 aliphatic carbocycles. The topological polar surface area (TPSA) is 61.4 Å². The minimum absolute atomic E-state index is 0.607. The van der Waals surface area contributed by atoms with E-state index in [0.29, 0.717) is 0 Å². The first kappa shape index (κ1) is 10.9. The number of carboxylic acids is 1. The Morgan fingerprint density at radius 1 is 1.50 bits per heavy atom. The Kier molecular flexibility index (Phi) is 3.05. The zero-order chi connectivity index (χ0) is 11.5. The molecule has 0 fully saturated rings. The molecule has 16 heavy (non-hydrogen) atoms. The van der Waals surface area contributed by atoms with E-state index in [1.54, 1.807) is 6.92 Å². The highest BCUT2D eigenvalue weighted by atomic mass is 32.2. The Morgan fingerprint density at radius 2 is 2.25 bits per heavy atom. The summed E-state index contributed by atoms with van der Waals surface area (Å²) in [4.78, 5) is 11.8. The molecule has 0 radical (unpaired) electrons. The molecule has 0 saturated carbocycles. The van der Waals surface area contributed by atoms with E-state index >= 15 is 0 Å². The normalized spacial score (nSPS) is 15.4. The lowest BCUT2D eigenvalue weighted by molar-refractivity contribution is -0.138. The molecule has 1 aliphatic heterocycles. The minimum atomic E-state index is -0.869. The summed E-state index contributed by atoms with van der Waals surface area (Å²) in [6.07, 6.45) is 1.91. The summed E-state index contributed by atoms with van der Waals surface area (Å²) in [5, 5.41) is 11.7. The second kappa shape index (κ2) is 4.49. The van der Waals surface area contributed by atoms with Gasteiger partial charge in [0.2, 0.25) is 0 Å². The molecule has 1 heterocycles. The van der Waals surface area contributed by atoms with Gasteiger partial charge in [0.15, 0.2) is 0 Å². The lowest BCUT2D eigenvalue weighted by Gasteiger charge is -2.20. The summed E-state index contributed by atoms with van der Waals surface area (Å²) in [5.74, 6) is -0.148. The van der Waals surface area contributed by atoms with Crippen LogP contribution in [-0.2, 0) is 4.79 Å². The van der Waals surface area contributed by atoms with E-state index in [1.165, 1.54) is 11.9 Å². The Labute approximate surface area is 97.9 Å². The average molecular weight is 236 g/mol. The lowest BCUT2D eigenvalue weighted by atomic mass is 10.2. The number of rotatable bonds is 3. The highest BCUT2D eigenvalue weighted by Crippen LogP contribution is 2.26. The van der Waals surface area contributed by atoms with E-state index in [-0.39, 0.29) is 0 Å². The number of aliphatic carboxylic acids is 1. The van der Waals surface area contributed by atoms with Crippen LogP contribution in [0.4, 0.5) is 0 Å². The third-order valence-corrected chi connectivity index (χ3v) is 3.15. The standard InChI is InChI=1S/C11H12N2O2S/c1-7(11(14)15)12-10-6-8-4-2-3-5-9(8)16-13-10/h2-7,12-13H,1H3,(H,14,15)/t7-/m0/s1. The molecule has 1 aromatic rings. The molecule has 5 heteroatoms. The van der Waals surface area contributed by atoms with E-state index in [2.05, 4.69) is 10.0 Å². The largest absolute Gasteiger partial charge is 0.480 e. The predicted octanol–water partition coefficient (Wildman–Crippen LogP) is 1.66. The molecular weight excluding hydrogens is 224 g/mol. The van der Waals surface area contributed by atoms with Gasteiger partial charge in [-0.2, -0.15) is 0 Å². The average Bonchev–Trinajstić information content (AvgIpc) is 2.28. The number of fused-ring (bicyclic) bond motifs is 1. The molecule has 4 nitrogen and oxygen atoms in total. The molecule has 0 saturated heterocycles. The first-order chi connectivity index (χ1) is 7.66. The van der Waals surface area contributed by atoms with Crippen molar-refractivity contribution in [2.45, 2.75) is 17.9 Å². The summed E-state index contributed by atoms with van der Waals surface area (Å²) in [5.41, 5.74) is 1.09. The van der Waals surface area contributed by atoms with Crippen LogP contribution >= 0.6 is 11.9 Å².